The molecule has 9 rings (SSSR count). The molecule has 0 fully saturated rings. The Morgan fingerprint density at radius 1 is 0.517 bits per heavy atom. The Hall–Kier alpha value is -7.29. The second-order valence-electron chi connectivity index (χ2n) is 17.6. The number of nitriles is 1. The largest absolute Gasteiger partial charge is 0.506 e. The Morgan fingerprint density at radius 3 is 1.85 bits per heavy atom. The molecule has 5 heteroatoms. The lowest BCUT2D eigenvalue weighted by Crippen LogP contribution is -2.16. The molecule has 0 spiro atoms. The second-order valence-corrected chi connectivity index (χ2v) is 17.6. The zero-order valence-corrected chi connectivity index (χ0v) is 34.8. The predicted octanol–water partition coefficient (Wildman–Crippen LogP) is 14.1. The molecular formula is C55H46N4O. The number of pyridine rings is 2. The van der Waals surface area contributed by atoms with E-state index in [1.807, 2.05) is 24.4 Å². The first-order valence-electron chi connectivity index (χ1n) is 20.4. The minimum absolute atomic E-state index is 0.0758. The van der Waals surface area contributed by atoms with Gasteiger partial charge in [0.1, 0.15) is 11.8 Å². The SMILES string of the molecule is CC(C)(C)c1cc(-c2cc(-c3cccc(-c4cc(-c5cccc6c7ccccc7n(-c7ccccc7)c56)ccn4)c3)nc(-c3cccc(C#N)c3O)c2)cc(C(C)(C)C)c1. The lowest BCUT2D eigenvalue weighted by Gasteiger charge is -2.26. The Labute approximate surface area is 351 Å². The predicted molar refractivity (Wildman–Crippen MR) is 247 cm³/mol. The Bertz CT molecular complexity index is 3100. The summed E-state index contributed by atoms with van der Waals surface area (Å²) in [5, 5.41) is 23.5. The third kappa shape index (κ3) is 7.01. The van der Waals surface area contributed by atoms with E-state index in [1.54, 1.807) is 12.1 Å². The van der Waals surface area contributed by atoms with Crippen molar-refractivity contribution < 1.29 is 5.11 Å². The van der Waals surface area contributed by atoms with Crippen LogP contribution < -0.4 is 0 Å². The van der Waals surface area contributed by atoms with Gasteiger partial charge in [0.05, 0.1) is 33.7 Å². The van der Waals surface area contributed by atoms with E-state index in [1.165, 1.54) is 21.9 Å². The maximum absolute atomic E-state index is 11.3. The normalized spacial score (nSPS) is 11.9. The van der Waals surface area contributed by atoms with Crippen molar-refractivity contribution in [1.82, 2.24) is 14.5 Å². The standard InChI is InChI=1S/C55H46N4O/c1-54(2,3)41-28-39(29-42(33-41)55(4,5)6)40-31-49(58-50(32-40)47-23-13-17-38(34-56)53(47)60)37-16-12-15-36(27-37)48-30-35(25-26-57-48)44-21-14-22-46-45-20-10-11-24-51(45)59(52(44)46)43-18-8-7-9-19-43/h7-33,60H,1-6H3. The van der Waals surface area contributed by atoms with Crippen LogP contribution in [0.1, 0.15) is 58.2 Å². The van der Waals surface area contributed by atoms with Gasteiger partial charge in [-0.3, -0.25) is 4.98 Å². The first-order chi connectivity index (χ1) is 28.9. The molecule has 0 bridgehead atoms. The average Bonchev–Trinajstić information content (AvgIpc) is 3.60. The van der Waals surface area contributed by atoms with Gasteiger partial charge >= 0.3 is 0 Å². The van der Waals surface area contributed by atoms with Crippen LogP contribution in [-0.2, 0) is 10.8 Å². The first-order valence-corrected chi connectivity index (χ1v) is 20.4. The average molecular weight is 779 g/mol. The van der Waals surface area contributed by atoms with Crippen molar-refractivity contribution in [2.24, 2.45) is 0 Å². The minimum atomic E-state index is -0.0782. The number of phenolic OH excluding ortho intramolecular Hbond substituents is 1. The number of rotatable bonds is 6. The van der Waals surface area contributed by atoms with Crippen LogP contribution in [0.3, 0.4) is 0 Å². The van der Waals surface area contributed by atoms with E-state index in [4.69, 9.17) is 9.97 Å². The molecule has 60 heavy (non-hydrogen) atoms. The zero-order valence-electron chi connectivity index (χ0n) is 34.8. The summed E-state index contributed by atoms with van der Waals surface area (Å²) in [7, 11) is 0. The minimum Gasteiger partial charge on any atom is -0.506 e. The van der Waals surface area contributed by atoms with E-state index in [0.29, 0.717) is 11.3 Å². The second kappa shape index (κ2) is 14.8. The van der Waals surface area contributed by atoms with Crippen molar-refractivity contribution >= 4 is 21.8 Å². The highest BCUT2D eigenvalue weighted by Crippen LogP contribution is 2.41. The van der Waals surface area contributed by atoms with Gasteiger partial charge in [-0.15, -0.1) is 0 Å². The van der Waals surface area contributed by atoms with Crippen LogP contribution >= 0.6 is 0 Å². The van der Waals surface area contributed by atoms with Gasteiger partial charge in [0.25, 0.3) is 0 Å². The monoisotopic (exact) mass is 778 g/mol. The molecule has 9 aromatic rings. The number of benzene rings is 6. The molecular weight excluding hydrogens is 733 g/mol. The number of hydrogen-bond donors (Lipinski definition) is 1. The molecule has 0 aliphatic heterocycles. The highest BCUT2D eigenvalue weighted by molar-refractivity contribution is 6.13. The van der Waals surface area contributed by atoms with Crippen LogP contribution in [0.5, 0.6) is 5.75 Å². The lowest BCUT2D eigenvalue weighted by molar-refractivity contribution is 0.475. The van der Waals surface area contributed by atoms with E-state index >= 15 is 0 Å². The third-order valence-electron chi connectivity index (χ3n) is 11.5. The van der Waals surface area contributed by atoms with Gasteiger partial charge in [-0.1, -0.05) is 139 Å². The fourth-order valence-corrected chi connectivity index (χ4v) is 8.17. The van der Waals surface area contributed by atoms with Crippen LogP contribution in [0.15, 0.2) is 164 Å². The summed E-state index contributed by atoms with van der Waals surface area (Å²) < 4.78 is 2.36. The molecule has 3 heterocycles. The quantitative estimate of drug-likeness (QED) is 0.182. The molecule has 0 atom stereocenters. The molecule has 0 saturated carbocycles. The van der Waals surface area contributed by atoms with Crippen molar-refractivity contribution in [3.8, 4) is 73.5 Å². The molecule has 0 aliphatic rings. The van der Waals surface area contributed by atoms with Crippen molar-refractivity contribution in [1.29, 1.82) is 5.26 Å². The van der Waals surface area contributed by atoms with Gasteiger partial charge in [-0.05, 0) is 99.3 Å². The lowest BCUT2D eigenvalue weighted by atomic mass is 9.79. The van der Waals surface area contributed by atoms with Crippen LogP contribution in [0.4, 0.5) is 0 Å². The molecule has 0 saturated heterocycles. The molecule has 0 amide bonds. The molecule has 0 unspecified atom stereocenters. The summed E-state index contributed by atoms with van der Waals surface area (Å²) in [4.78, 5) is 10.1. The number of fused-ring (bicyclic) bond motifs is 3. The van der Waals surface area contributed by atoms with E-state index in [9.17, 15) is 10.4 Å². The summed E-state index contributed by atoms with van der Waals surface area (Å²) in [5.41, 5.74) is 14.8. The fourth-order valence-electron chi connectivity index (χ4n) is 8.17. The third-order valence-corrected chi connectivity index (χ3v) is 11.5. The highest BCUT2D eigenvalue weighted by atomic mass is 16.3. The topological polar surface area (TPSA) is 74.7 Å². The van der Waals surface area contributed by atoms with Crippen molar-refractivity contribution in [2.45, 2.75) is 52.4 Å². The molecule has 5 nitrogen and oxygen atoms in total. The Morgan fingerprint density at radius 2 is 1.12 bits per heavy atom. The number of phenols is 1. The van der Waals surface area contributed by atoms with Gasteiger partial charge < -0.3 is 9.67 Å². The summed E-state index contributed by atoms with van der Waals surface area (Å²) in [6.07, 6.45) is 1.89. The molecule has 292 valence electrons. The fraction of sp³-hybridized carbons (Fsp3) is 0.145. The van der Waals surface area contributed by atoms with Crippen molar-refractivity contribution in [2.75, 3.05) is 0 Å². The van der Waals surface area contributed by atoms with E-state index in [-0.39, 0.29) is 22.1 Å². The number of para-hydroxylation sites is 4. The van der Waals surface area contributed by atoms with Gasteiger partial charge in [0, 0.05) is 44.9 Å². The van der Waals surface area contributed by atoms with Crippen LogP contribution in [0.25, 0.3) is 83.5 Å². The van der Waals surface area contributed by atoms with E-state index in [0.717, 1.165) is 61.5 Å². The van der Waals surface area contributed by atoms with Crippen LogP contribution in [-0.4, -0.2) is 19.6 Å². The number of hydrogen-bond acceptors (Lipinski definition) is 4. The number of nitrogens with zero attached hydrogens (tertiary/aromatic N) is 4. The van der Waals surface area contributed by atoms with Gasteiger partial charge in [-0.2, -0.15) is 5.26 Å². The molecule has 3 aromatic heterocycles. The van der Waals surface area contributed by atoms with Gasteiger partial charge in [0.2, 0.25) is 0 Å². The van der Waals surface area contributed by atoms with E-state index in [2.05, 4.69) is 180 Å². The highest BCUT2D eigenvalue weighted by Gasteiger charge is 2.23. The summed E-state index contributed by atoms with van der Waals surface area (Å²) in [6.45, 7) is 13.4. The molecule has 0 radical (unpaired) electrons. The summed E-state index contributed by atoms with van der Waals surface area (Å²) in [6, 6.07) is 56.7. The van der Waals surface area contributed by atoms with Crippen LogP contribution in [0.2, 0.25) is 0 Å². The molecule has 6 aromatic carbocycles. The summed E-state index contributed by atoms with van der Waals surface area (Å²) >= 11 is 0. The molecule has 1 N–H and O–H groups in total. The molecule has 0 aliphatic carbocycles. The van der Waals surface area contributed by atoms with Crippen LogP contribution in [0, 0.1) is 11.3 Å². The Balaban J connectivity index is 1.20. The zero-order chi connectivity index (χ0) is 41.8. The maximum atomic E-state index is 11.3. The first kappa shape index (κ1) is 38.2. The Kier molecular flexibility index (Phi) is 9.45. The summed E-state index contributed by atoms with van der Waals surface area (Å²) in [5.74, 6) is -0.0782. The number of aromatic nitrogens is 3. The van der Waals surface area contributed by atoms with Crippen molar-refractivity contribution in [3.63, 3.8) is 0 Å². The number of aromatic hydroxyl groups is 1. The van der Waals surface area contributed by atoms with Gasteiger partial charge in [-0.25, -0.2) is 4.98 Å². The maximum Gasteiger partial charge on any atom is 0.142 e. The van der Waals surface area contributed by atoms with E-state index < -0.39 is 0 Å². The van der Waals surface area contributed by atoms with Gasteiger partial charge in [0.15, 0.2) is 0 Å². The van der Waals surface area contributed by atoms with Crippen molar-refractivity contribution in [3.05, 3.63) is 181 Å². The smallest absolute Gasteiger partial charge is 0.142 e.